The number of nitro benzene ring substituents is 1. The molecule has 1 unspecified atom stereocenters. The number of hydrogen-bond donors (Lipinski definition) is 0. The van der Waals surface area contributed by atoms with Gasteiger partial charge < -0.3 is 9.64 Å². The van der Waals surface area contributed by atoms with E-state index < -0.39 is 6.23 Å². The second-order valence-corrected chi connectivity index (χ2v) is 6.36. The molecule has 1 aliphatic heterocycles. The average molecular weight is 346 g/mol. The van der Waals surface area contributed by atoms with Gasteiger partial charge >= 0.3 is 0 Å². The van der Waals surface area contributed by atoms with E-state index in [-0.39, 0.29) is 10.6 Å². The molecule has 1 atom stereocenters. The maximum Gasteiger partial charge on any atom is 0.278 e. The highest BCUT2D eigenvalue weighted by Gasteiger charge is 2.33. The number of ether oxygens (including phenoxy) is 1. The molecule has 0 aromatic heterocycles. The van der Waals surface area contributed by atoms with Gasteiger partial charge in [0.1, 0.15) is 5.75 Å². The van der Waals surface area contributed by atoms with Gasteiger partial charge in [-0.25, -0.2) is 0 Å². The topological polar surface area (TPSA) is 55.6 Å². The summed E-state index contributed by atoms with van der Waals surface area (Å²) >= 11 is 0. The molecular formula is C21H18N2O3. The summed E-state index contributed by atoms with van der Waals surface area (Å²) in [5.74, 6) is 0.763. The van der Waals surface area contributed by atoms with Gasteiger partial charge in [0.25, 0.3) is 5.69 Å². The van der Waals surface area contributed by atoms with E-state index in [2.05, 4.69) is 11.0 Å². The van der Waals surface area contributed by atoms with Crippen molar-refractivity contribution >= 4 is 11.4 Å². The molecule has 5 nitrogen and oxygen atoms in total. The number of benzene rings is 3. The number of nitrogens with zero attached hydrogens (tertiary/aromatic N) is 2. The molecule has 3 aromatic rings. The van der Waals surface area contributed by atoms with Gasteiger partial charge in [0.2, 0.25) is 6.23 Å². The highest BCUT2D eigenvalue weighted by molar-refractivity contribution is 5.56. The van der Waals surface area contributed by atoms with Crippen LogP contribution in [0.25, 0.3) is 0 Å². The molecule has 130 valence electrons. The minimum atomic E-state index is -0.562. The lowest BCUT2D eigenvalue weighted by atomic mass is 10.0. The summed E-state index contributed by atoms with van der Waals surface area (Å²) in [7, 11) is 0. The van der Waals surface area contributed by atoms with Crippen molar-refractivity contribution in [3.8, 4) is 5.75 Å². The summed E-state index contributed by atoms with van der Waals surface area (Å²) in [4.78, 5) is 13.3. The molecule has 1 heterocycles. The van der Waals surface area contributed by atoms with Crippen molar-refractivity contribution in [1.29, 1.82) is 0 Å². The van der Waals surface area contributed by atoms with Gasteiger partial charge in [-0.2, -0.15) is 0 Å². The van der Waals surface area contributed by atoms with E-state index >= 15 is 0 Å². The van der Waals surface area contributed by atoms with Gasteiger partial charge in [-0.3, -0.25) is 10.1 Å². The Bertz CT molecular complexity index is 971. The number of anilines is 1. The smallest absolute Gasteiger partial charge is 0.278 e. The first-order chi connectivity index (χ1) is 12.6. The minimum Gasteiger partial charge on any atom is -0.466 e. The van der Waals surface area contributed by atoms with E-state index in [1.54, 1.807) is 18.2 Å². The predicted molar refractivity (Wildman–Crippen MR) is 100 cm³/mol. The molecule has 0 bridgehead atoms. The average Bonchev–Trinajstić information content (AvgIpc) is 2.67. The molecule has 26 heavy (non-hydrogen) atoms. The van der Waals surface area contributed by atoms with E-state index in [9.17, 15) is 10.1 Å². The third-order valence-electron chi connectivity index (χ3n) is 4.57. The van der Waals surface area contributed by atoms with E-state index in [1.807, 2.05) is 49.4 Å². The zero-order valence-electron chi connectivity index (χ0n) is 14.3. The van der Waals surface area contributed by atoms with Crippen LogP contribution in [0.3, 0.4) is 0 Å². The fourth-order valence-corrected chi connectivity index (χ4v) is 3.33. The fraction of sp³-hybridized carbons (Fsp3) is 0.143. The largest absolute Gasteiger partial charge is 0.466 e. The first kappa shape index (κ1) is 16.1. The molecule has 5 heteroatoms. The predicted octanol–water partition coefficient (Wildman–Crippen LogP) is 5.00. The molecule has 0 aliphatic carbocycles. The number of aryl methyl sites for hydroxylation is 1. The minimum absolute atomic E-state index is 0.0644. The first-order valence-electron chi connectivity index (χ1n) is 8.44. The van der Waals surface area contributed by atoms with Crippen molar-refractivity contribution in [1.82, 2.24) is 0 Å². The van der Waals surface area contributed by atoms with Crippen LogP contribution >= 0.6 is 0 Å². The number of hydrogen-bond acceptors (Lipinski definition) is 4. The summed E-state index contributed by atoms with van der Waals surface area (Å²) in [6, 6.07) is 22.7. The Labute approximate surface area is 151 Å². The van der Waals surface area contributed by atoms with Crippen molar-refractivity contribution in [3.05, 3.63) is 99.6 Å². The number of rotatable bonds is 3. The lowest BCUT2D eigenvalue weighted by Gasteiger charge is -2.38. The molecule has 0 saturated heterocycles. The number of fused-ring (bicyclic) bond motifs is 1. The zero-order valence-corrected chi connectivity index (χ0v) is 14.3. The van der Waals surface area contributed by atoms with Crippen LogP contribution in [-0.4, -0.2) is 4.92 Å². The molecule has 0 fully saturated rings. The Morgan fingerprint density at radius 3 is 2.62 bits per heavy atom. The van der Waals surface area contributed by atoms with E-state index in [1.165, 1.54) is 6.07 Å². The molecule has 0 amide bonds. The summed E-state index contributed by atoms with van der Waals surface area (Å²) in [6.07, 6.45) is -0.562. The molecule has 0 N–H and O–H groups in total. The summed E-state index contributed by atoms with van der Waals surface area (Å²) in [5, 5.41) is 11.5. The van der Waals surface area contributed by atoms with Crippen LogP contribution in [0.2, 0.25) is 0 Å². The molecule has 0 spiro atoms. The van der Waals surface area contributed by atoms with Crippen molar-refractivity contribution in [2.75, 3.05) is 4.90 Å². The molecule has 4 rings (SSSR count). The van der Waals surface area contributed by atoms with Crippen molar-refractivity contribution in [2.45, 2.75) is 19.7 Å². The summed E-state index contributed by atoms with van der Waals surface area (Å²) < 4.78 is 6.24. The molecular weight excluding hydrogens is 328 g/mol. The normalized spacial score (nSPS) is 15.9. The Balaban J connectivity index is 1.86. The number of para-hydroxylation sites is 2. The third-order valence-corrected chi connectivity index (χ3v) is 4.57. The lowest BCUT2D eigenvalue weighted by molar-refractivity contribution is -0.386. The van der Waals surface area contributed by atoms with Gasteiger partial charge in [-0.05, 0) is 36.8 Å². The van der Waals surface area contributed by atoms with Crippen molar-refractivity contribution < 1.29 is 9.66 Å². The number of nitro groups is 1. The van der Waals surface area contributed by atoms with Gasteiger partial charge in [0.05, 0.1) is 17.0 Å². The highest BCUT2D eigenvalue weighted by atomic mass is 16.6. The quantitative estimate of drug-likeness (QED) is 0.494. The van der Waals surface area contributed by atoms with Gasteiger partial charge in [0.15, 0.2) is 0 Å². The Morgan fingerprint density at radius 1 is 1.04 bits per heavy atom. The monoisotopic (exact) mass is 346 g/mol. The molecule has 1 aliphatic rings. The Hall–Kier alpha value is -3.34. The zero-order chi connectivity index (χ0) is 18.1. The van der Waals surface area contributed by atoms with E-state index in [0.29, 0.717) is 12.1 Å². The first-order valence-corrected chi connectivity index (χ1v) is 8.44. The highest BCUT2D eigenvalue weighted by Crippen LogP contribution is 2.40. The maximum absolute atomic E-state index is 11.5. The van der Waals surface area contributed by atoms with E-state index in [4.69, 9.17) is 4.74 Å². The maximum atomic E-state index is 11.5. The Morgan fingerprint density at radius 2 is 1.81 bits per heavy atom. The molecule has 3 aromatic carbocycles. The molecule has 0 radical (unpaired) electrons. The third kappa shape index (κ3) is 2.88. The van der Waals surface area contributed by atoms with Gasteiger partial charge in [-0.15, -0.1) is 0 Å². The van der Waals surface area contributed by atoms with Crippen molar-refractivity contribution in [2.24, 2.45) is 0 Å². The van der Waals surface area contributed by atoms with Crippen LogP contribution in [0.15, 0.2) is 72.8 Å². The Kier molecular flexibility index (Phi) is 4.05. The van der Waals surface area contributed by atoms with Crippen LogP contribution in [-0.2, 0) is 6.54 Å². The summed E-state index contributed by atoms with van der Waals surface area (Å²) in [6.45, 7) is 2.65. The SMILES string of the molecule is Cc1cccc(N2Cc3ccccc3OC2c2ccccc2[N+](=O)[O-])c1. The second-order valence-electron chi connectivity index (χ2n) is 6.36. The summed E-state index contributed by atoms with van der Waals surface area (Å²) in [5.41, 5.74) is 3.78. The lowest BCUT2D eigenvalue weighted by Crippen LogP contribution is -2.36. The fourth-order valence-electron chi connectivity index (χ4n) is 3.33. The van der Waals surface area contributed by atoms with Gasteiger partial charge in [0, 0.05) is 17.3 Å². The van der Waals surface area contributed by atoms with Crippen molar-refractivity contribution in [3.63, 3.8) is 0 Å². The van der Waals surface area contributed by atoms with Crippen LogP contribution in [0.4, 0.5) is 11.4 Å². The van der Waals surface area contributed by atoms with Gasteiger partial charge in [-0.1, -0.05) is 42.5 Å². The van der Waals surface area contributed by atoms with Crippen LogP contribution in [0.5, 0.6) is 5.75 Å². The van der Waals surface area contributed by atoms with Crippen LogP contribution in [0, 0.1) is 17.0 Å². The van der Waals surface area contributed by atoms with E-state index in [0.717, 1.165) is 22.6 Å². The van der Waals surface area contributed by atoms with Crippen LogP contribution in [0.1, 0.15) is 22.9 Å². The standard InChI is InChI=1S/C21H18N2O3/c1-15-7-6-9-17(13-15)22-14-16-8-2-5-12-20(16)26-21(22)18-10-3-4-11-19(18)23(24)25/h2-13,21H,14H2,1H3. The second kappa shape index (κ2) is 6.52. The molecule has 0 saturated carbocycles. The van der Waals surface area contributed by atoms with Crippen LogP contribution < -0.4 is 9.64 Å².